The molecule has 0 radical (unpaired) electrons. The zero-order valence-electron chi connectivity index (χ0n) is 12.9. The summed E-state index contributed by atoms with van der Waals surface area (Å²) in [7, 11) is 0. The molecule has 0 aliphatic rings. The maximum absolute atomic E-state index is 13.5. The molecule has 0 N–H and O–H groups in total. The lowest BCUT2D eigenvalue weighted by atomic mass is 10.1. The fourth-order valence-electron chi connectivity index (χ4n) is 2.95. The molecule has 0 aliphatic heterocycles. The van der Waals surface area contributed by atoms with Gasteiger partial charge in [0.05, 0.1) is 0 Å². The third-order valence-electron chi connectivity index (χ3n) is 4.09. The Labute approximate surface area is 146 Å². The normalized spacial score (nSPS) is 11.4. The van der Waals surface area contributed by atoms with Crippen molar-refractivity contribution in [2.45, 2.75) is 0 Å². The van der Waals surface area contributed by atoms with E-state index in [1.165, 1.54) is 23.5 Å². The zero-order valence-corrected chi connectivity index (χ0v) is 13.7. The van der Waals surface area contributed by atoms with E-state index < -0.39 is 0 Å². The number of hydrogen-bond acceptors (Lipinski definition) is 4. The molecule has 0 spiro atoms. The van der Waals surface area contributed by atoms with E-state index in [0.717, 1.165) is 21.3 Å². The second kappa shape index (κ2) is 5.46. The Kier molecular flexibility index (Phi) is 3.11. The largest absolute Gasteiger partial charge is 0.235 e. The minimum absolute atomic E-state index is 0.307. The molecule has 2 heterocycles. The van der Waals surface area contributed by atoms with Gasteiger partial charge in [0.25, 0.3) is 0 Å². The molecule has 2 aromatic heterocycles. The molecule has 0 amide bonds. The molecule has 4 nitrogen and oxygen atoms in total. The van der Waals surface area contributed by atoms with Crippen molar-refractivity contribution in [1.29, 1.82) is 0 Å². The summed E-state index contributed by atoms with van der Waals surface area (Å²) in [5.74, 6) is 0.232. The van der Waals surface area contributed by atoms with E-state index >= 15 is 0 Å². The highest BCUT2D eigenvalue weighted by Crippen LogP contribution is 2.32. The summed E-state index contributed by atoms with van der Waals surface area (Å²) in [6, 6.07) is 20.7. The number of fused-ring (bicyclic) bond motifs is 2. The standard InChI is InChI=1S/C19H11FN4S/c20-14-8-3-7-13(11-14)17-21-22-19-24(17)23-18(25-19)16-10-4-6-12-5-1-2-9-15(12)16/h1-11H. The van der Waals surface area contributed by atoms with E-state index in [4.69, 9.17) is 0 Å². The molecular weight excluding hydrogens is 335 g/mol. The molecular formula is C19H11FN4S. The van der Waals surface area contributed by atoms with E-state index in [1.54, 1.807) is 16.6 Å². The van der Waals surface area contributed by atoms with E-state index in [0.29, 0.717) is 16.3 Å². The first-order chi connectivity index (χ1) is 12.3. The number of benzene rings is 3. The molecule has 3 aromatic carbocycles. The van der Waals surface area contributed by atoms with Crippen LogP contribution in [0.4, 0.5) is 4.39 Å². The van der Waals surface area contributed by atoms with Crippen LogP contribution < -0.4 is 0 Å². The third kappa shape index (κ3) is 2.30. The second-order valence-electron chi connectivity index (χ2n) is 5.66. The van der Waals surface area contributed by atoms with Crippen molar-refractivity contribution in [2.75, 3.05) is 0 Å². The smallest absolute Gasteiger partial charge is 0.207 e. The lowest BCUT2D eigenvalue weighted by Gasteiger charge is -2.02. The first-order valence-electron chi connectivity index (χ1n) is 7.76. The summed E-state index contributed by atoms with van der Waals surface area (Å²) in [6.07, 6.45) is 0. The highest BCUT2D eigenvalue weighted by atomic mass is 32.1. The van der Waals surface area contributed by atoms with Gasteiger partial charge >= 0.3 is 0 Å². The lowest BCUT2D eigenvalue weighted by molar-refractivity contribution is 0.628. The van der Waals surface area contributed by atoms with Gasteiger partial charge in [0.15, 0.2) is 5.82 Å². The van der Waals surface area contributed by atoms with Crippen molar-refractivity contribution in [1.82, 2.24) is 19.8 Å². The maximum Gasteiger partial charge on any atom is 0.235 e. The van der Waals surface area contributed by atoms with Crippen LogP contribution >= 0.6 is 11.3 Å². The van der Waals surface area contributed by atoms with Crippen LogP contribution in [0.2, 0.25) is 0 Å². The fourth-order valence-corrected chi connectivity index (χ4v) is 3.82. The van der Waals surface area contributed by atoms with Crippen LogP contribution in [0.5, 0.6) is 0 Å². The summed E-state index contributed by atoms with van der Waals surface area (Å²) >= 11 is 1.47. The van der Waals surface area contributed by atoms with E-state index in [2.05, 4.69) is 39.6 Å². The lowest BCUT2D eigenvalue weighted by Crippen LogP contribution is -1.91. The van der Waals surface area contributed by atoms with Crippen LogP contribution in [-0.2, 0) is 0 Å². The molecule has 5 aromatic rings. The van der Waals surface area contributed by atoms with Crippen LogP contribution in [0.3, 0.4) is 0 Å². The molecule has 6 heteroatoms. The SMILES string of the molecule is Fc1cccc(-c2nnc3sc(-c4cccc5ccccc45)nn23)c1. The molecule has 5 rings (SSSR count). The van der Waals surface area contributed by atoms with Crippen molar-refractivity contribution in [3.05, 3.63) is 72.5 Å². The van der Waals surface area contributed by atoms with Crippen LogP contribution in [0.25, 0.3) is 37.7 Å². The second-order valence-corrected chi connectivity index (χ2v) is 6.62. The van der Waals surface area contributed by atoms with Gasteiger partial charge in [-0.05, 0) is 22.9 Å². The van der Waals surface area contributed by atoms with Crippen molar-refractivity contribution in [3.63, 3.8) is 0 Å². The monoisotopic (exact) mass is 346 g/mol. The molecule has 0 bridgehead atoms. The highest BCUT2D eigenvalue weighted by Gasteiger charge is 2.16. The quantitative estimate of drug-likeness (QED) is 0.460. The minimum Gasteiger partial charge on any atom is -0.207 e. The number of hydrogen-bond donors (Lipinski definition) is 0. The number of rotatable bonds is 2. The Morgan fingerprint density at radius 3 is 2.64 bits per heavy atom. The molecule has 25 heavy (non-hydrogen) atoms. The summed E-state index contributed by atoms with van der Waals surface area (Å²) in [6.45, 7) is 0. The first-order valence-corrected chi connectivity index (χ1v) is 8.57. The third-order valence-corrected chi connectivity index (χ3v) is 5.03. The van der Waals surface area contributed by atoms with Gasteiger partial charge in [-0.2, -0.15) is 9.61 Å². The Morgan fingerprint density at radius 1 is 0.880 bits per heavy atom. The van der Waals surface area contributed by atoms with E-state index in [1.807, 2.05) is 18.2 Å². The van der Waals surface area contributed by atoms with E-state index in [9.17, 15) is 4.39 Å². The Balaban J connectivity index is 1.71. The van der Waals surface area contributed by atoms with Gasteiger partial charge in [-0.15, -0.1) is 10.2 Å². The summed E-state index contributed by atoms with van der Waals surface area (Å²) in [4.78, 5) is 0.683. The number of nitrogens with zero attached hydrogens (tertiary/aromatic N) is 4. The molecule has 120 valence electrons. The van der Waals surface area contributed by atoms with Crippen molar-refractivity contribution < 1.29 is 4.39 Å². The highest BCUT2D eigenvalue weighted by molar-refractivity contribution is 7.19. The van der Waals surface area contributed by atoms with Crippen molar-refractivity contribution in [2.24, 2.45) is 0 Å². The molecule has 0 fully saturated rings. The average molecular weight is 346 g/mol. The van der Waals surface area contributed by atoms with Gasteiger partial charge in [0.2, 0.25) is 4.96 Å². The van der Waals surface area contributed by atoms with Crippen LogP contribution in [0, 0.1) is 5.82 Å². The van der Waals surface area contributed by atoms with Crippen molar-refractivity contribution in [3.8, 4) is 22.0 Å². The van der Waals surface area contributed by atoms with Crippen LogP contribution in [0.1, 0.15) is 0 Å². The first kappa shape index (κ1) is 14.2. The molecule has 0 atom stereocenters. The zero-order chi connectivity index (χ0) is 16.8. The number of aromatic nitrogens is 4. The fraction of sp³-hybridized carbons (Fsp3) is 0. The van der Waals surface area contributed by atoms with Gasteiger partial charge in [0, 0.05) is 11.1 Å². The van der Waals surface area contributed by atoms with Gasteiger partial charge in [-0.3, -0.25) is 0 Å². The van der Waals surface area contributed by atoms with Crippen LogP contribution in [-0.4, -0.2) is 19.8 Å². The van der Waals surface area contributed by atoms with Gasteiger partial charge < -0.3 is 0 Å². The van der Waals surface area contributed by atoms with Crippen molar-refractivity contribution >= 4 is 27.1 Å². The van der Waals surface area contributed by atoms with Gasteiger partial charge in [-0.1, -0.05) is 65.9 Å². The van der Waals surface area contributed by atoms with E-state index in [-0.39, 0.29) is 5.82 Å². The Morgan fingerprint density at radius 2 is 1.72 bits per heavy atom. The minimum atomic E-state index is -0.307. The molecule has 0 aliphatic carbocycles. The predicted octanol–water partition coefficient (Wildman–Crippen LogP) is 4.81. The summed E-state index contributed by atoms with van der Waals surface area (Å²) in [5.41, 5.74) is 1.71. The average Bonchev–Trinajstić information content (AvgIpc) is 3.21. The Hall–Kier alpha value is -3.12. The topological polar surface area (TPSA) is 43.1 Å². The Bertz CT molecular complexity index is 1220. The summed E-state index contributed by atoms with van der Waals surface area (Å²) in [5, 5.41) is 16.2. The number of halogens is 1. The molecule has 0 unspecified atom stereocenters. The maximum atomic E-state index is 13.5. The van der Waals surface area contributed by atoms with Gasteiger partial charge in [-0.25, -0.2) is 4.39 Å². The van der Waals surface area contributed by atoms with Crippen LogP contribution in [0.15, 0.2) is 66.7 Å². The van der Waals surface area contributed by atoms with Gasteiger partial charge in [0.1, 0.15) is 10.8 Å². The molecule has 0 saturated carbocycles. The molecule has 0 saturated heterocycles. The predicted molar refractivity (Wildman–Crippen MR) is 97.0 cm³/mol. The summed E-state index contributed by atoms with van der Waals surface area (Å²) < 4.78 is 15.2.